The third kappa shape index (κ3) is 5.60. The molecule has 0 aliphatic carbocycles. The van der Waals surface area contributed by atoms with Crippen molar-refractivity contribution >= 4 is 52.3 Å². The number of carbonyl (C=O) groups excluding carboxylic acids is 3. The van der Waals surface area contributed by atoms with Crippen LogP contribution in [0.25, 0.3) is 0 Å². The molecule has 0 unspecified atom stereocenters. The number of nitro benzene ring substituents is 1. The van der Waals surface area contributed by atoms with Crippen molar-refractivity contribution in [3.63, 3.8) is 0 Å². The number of nitrogens with one attached hydrogen (secondary N) is 3. The predicted molar refractivity (Wildman–Crippen MR) is 119 cm³/mol. The Morgan fingerprint density at radius 3 is 1.78 bits per heavy atom. The summed E-state index contributed by atoms with van der Waals surface area (Å²) >= 11 is 11.8. The fourth-order valence-electron chi connectivity index (χ4n) is 2.57. The summed E-state index contributed by atoms with van der Waals surface area (Å²) in [4.78, 5) is 46.7. The lowest BCUT2D eigenvalue weighted by Gasteiger charge is -2.09. The second kappa shape index (κ2) is 9.90. The van der Waals surface area contributed by atoms with Gasteiger partial charge in [-0.3, -0.25) is 35.3 Å². The summed E-state index contributed by atoms with van der Waals surface area (Å²) in [6, 6.07) is 15.3. The minimum absolute atomic E-state index is 0.134. The first-order valence-electron chi connectivity index (χ1n) is 8.96. The van der Waals surface area contributed by atoms with Gasteiger partial charge in [0.2, 0.25) is 0 Å². The number of amides is 3. The van der Waals surface area contributed by atoms with Crippen LogP contribution in [-0.4, -0.2) is 22.6 Å². The zero-order valence-corrected chi connectivity index (χ0v) is 17.6. The lowest BCUT2D eigenvalue weighted by atomic mass is 10.1. The molecule has 162 valence electrons. The Morgan fingerprint density at radius 2 is 1.28 bits per heavy atom. The van der Waals surface area contributed by atoms with Crippen LogP contribution < -0.4 is 16.2 Å². The number of non-ortho nitro benzene ring substituents is 1. The molecule has 0 saturated carbocycles. The van der Waals surface area contributed by atoms with Crippen molar-refractivity contribution in [2.24, 2.45) is 0 Å². The zero-order valence-electron chi connectivity index (χ0n) is 16.1. The molecule has 0 heterocycles. The minimum Gasteiger partial charge on any atom is -0.322 e. The molecule has 0 atom stereocenters. The van der Waals surface area contributed by atoms with E-state index in [1.165, 1.54) is 60.7 Å². The first kappa shape index (κ1) is 22.7. The van der Waals surface area contributed by atoms with Crippen molar-refractivity contribution in [1.82, 2.24) is 10.9 Å². The fourth-order valence-corrected chi connectivity index (χ4v) is 3.06. The van der Waals surface area contributed by atoms with E-state index in [4.69, 9.17) is 23.2 Å². The number of anilines is 1. The topological polar surface area (TPSA) is 130 Å². The molecule has 9 nitrogen and oxygen atoms in total. The molecule has 0 spiro atoms. The fraction of sp³-hybridized carbons (Fsp3) is 0. The quantitative estimate of drug-likeness (QED) is 0.377. The standard InChI is InChI=1S/C21H14Cl2N4O5/c22-14-5-10-17(18(23)11-14)21(30)24-15-6-1-12(2-7-15)19(28)25-26-20(29)13-3-8-16(9-4-13)27(31)32/h1-11H,(H,24,30)(H,25,28)(H,26,29). The summed E-state index contributed by atoms with van der Waals surface area (Å²) in [5, 5.41) is 13.9. The van der Waals surface area contributed by atoms with Gasteiger partial charge in [-0.15, -0.1) is 0 Å². The SMILES string of the molecule is O=C(NNC(=O)c1ccc([N+](=O)[O-])cc1)c1ccc(NC(=O)c2ccc(Cl)cc2Cl)cc1. The summed E-state index contributed by atoms with van der Waals surface area (Å²) in [6.45, 7) is 0. The summed E-state index contributed by atoms with van der Waals surface area (Å²) in [6.07, 6.45) is 0. The molecule has 3 rings (SSSR count). The highest BCUT2D eigenvalue weighted by atomic mass is 35.5. The third-order valence-electron chi connectivity index (χ3n) is 4.21. The van der Waals surface area contributed by atoms with E-state index in [0.29, 0.717) is 10.7 Å². The van der Waals surface area contributed by atoms with Gasteiger partial charge in [-0.05, 0) is 54.6 Å². The molecule has 0 bridgehead atoms. The molecule has 32 heavy (non-hydrogen) atoms. The maximum Gasteiger partial charge on any atom is 0.269 e. The lowest BCUT2D eigenvalue weighted by molar-refractivity contribution is -0.384. The third-order valence-corrected chi connectivity index (χ3v) is 4.76. The van der Waals surface area contributed by atoms with Gasteiger partial charge in [0.05, 0.1) is 15.5 Å². The summed E-state index contributed by atoms with van der Waals surface area (Å²) < 4.78 is 0. The second-order valence-corrected chi connectivity index (χ2v) is 7.21. The molecule has 3 aromatic carbocycles. The van der Waals surface area contributed by atoms with Crippen LogP contribution in [0, 0.1) is 10.1 Å². The van der Waals surface area contributed by atoms with Gasteiger partial charge in [-0.2, -0.15) is 0 Å². The normalized spacial score (nSPS) is 10.2. The number of rotatable bonds is 5. The maximum atomic E-state index is 12.3. The maximum absolute atomic E-state index is 12.3. The van der Waals surface area contributed by atoms with E-state index in [2.05, 4.69) is 16.2 Å². The van der Waals surface area contributed by atoms with Crippen LogP contribution in [0.4, 0.5) is 11.4 Å². The number of hydrazine groups is 1. The summed E-state index contributed by atoms with van der Waals surface area (Å²) in [5.74, 6) is -1.69. The van der Waals surface area contributed by atoms with E-state index in [9.17, 15) is 24.5 Å². The van der Waals surface area contributed by atoms with Crippen molar-refractivity contribution in [3.05, 3.63) is 104 Å². The number of hydrogen-bond acceptors (Lipinski definition) is 5. The van der Waals surface area contributed by atoms with Gasteiger partial charge < -0.3 is 5.32 Å². The van der Waals surface area contributed by atoms with Crippen molar-refractivity contribution < 1.29 is 19.3 Å². The highest BCUT2D eigenvalue weighted by molar-refractivity contribution is 6.37. The molecule has 3 amide bonds. The van der Waals surface area contributed by atoms with Crippen LogP contribution in [0.2, 0.25) is 10.0 Å². The molecule has 0 aliphatic rings. The molecule has 3 N–H and O–H groups in total. The Kier molecular flexibility index (Phi) is 7.04. The van der Waals surface area contributed by atoms with Crippen molar-refractivity contribution in [2.75, 3.05) is 5.32 Å². The largest absolute Gasteiger partial charge is 0.322 e. The van der Waals surface area contributed by atoms with Gasteiger partial charge in [-0.25, -0.2) is 0 Å². The second-order valence-electron chi connectivity index (χ2n) is 6.37. The molecular formula is C21H14Cl2N4O5. The Bertz CT molecular complexity index is 1200. The molecule has 0 fully saturated rings. The van der Waals surface area contributed by atoms with E-state index in [-0.39, 0.29) is 27.4 Å². The van der Waals surface area contributed by atoms with Crippen molar-refractivity contribution in [3.8, 4) is 0 Å². The highest BCUT2D eigenvalue weighted by Crippen LogP contribution is 2.22. The van der Waals surface area contributed by atoms with E-state index in [1.807, 2.05) is 0 Å². The minimum atomic E-state index is -0.642. The molecule has 0 aromatic heterocycles. The number of benzene rings is 3. The number of carbonyl (C=O) groups is 3. The highest BCUT2D eigenvalue weighted by Gasteiger charge is 2.13. The lowest BCUT2D eigenvalue weighted by Crippen LogP contribution is -2.41. The van der Waals surface area contributed by atoms with Crippen LogP contribution in [0.15, 0.2) is 66.7 Å². The Balaban J connectivity index is 1.57. The van der Waals surface area contributed by atoms with Crippen LogP contribution in [0.3, 0.4) is 0 Å². The Hall–Kier alpha value is -3.95. The van der Waals surface area contributed by atoms with E-state index < -0.39 is 22.6 Å². The first-order chi connectivity index (χ1) is 15.2. The van der Waals surface area contributed by atoms with Gasteiger partial charge >= 0.3 is 0 Å². The molecular weight excluding hydrogens is 459 g/mol. The van der Waals surface area contributed by atoms with Crippen molar-refractivity contribution in [2.45, 2.75) is 0 Å². The van der Waals surface area contributed by atoms with Gasteiger partial charge in [0.25, 0.3) is 23.4 Å². The number of nitro groups is 1. The average Bonchev–Trinajstić information content (AvgIpc) is 2.77. The zero-order chi connectivity index (χ0) is 23.3. The summed E-state index contributed by atoms with van der Waals surface area (Å²) in [5.41, 5.74) is 5.33. The van der Waals surface area contributed by atoms with Crippen LogP contribution >= 0.6 is 23.2 Å². The number of hydrogen-bond donors (Lipinski definition) is 3. The smallest absolute Gasteiger partial charge is 0.269 e. The molecule has 0 radical (unpaired) electrons. The molecule has 0 aliphatic heterocycles. The Labute approximate surface area is 191 Å². The number of nitrogens with zero attached hydrogens (tertiary/aromatic N) is 1. The number of halogens is 2. The van der Waals surface area contributed by atoms with Gasteiger partial charge in [-0.1, -0.05) is 23.2 Å². The summed E-state index contributed by atoms with van der Waals surface area (Å²) in [7, 11) is 0. The first-order valence-corrected chi connectivity index (χ1v) is 9.72. The Morgan fingerprint density at radius 1 is 0.750 bits per heavy atom. The molecule has 0 saturated heterocycles. The van der Waals surface area contributed by atoms with Crippen LogP contribution in [0.1, 0.15) is 31.1 Å². The molecule has 11 heteroatoms. The van der Waals surface area contributed by atoms with E-state index >= 15 is 0 Å². The van der Waals surface area contributed by atoms with Gasteiger partial charge in [0.1, 0.15) is 0 Å². The predicted octanol–water partition coefficient (Wildman–Crippen LogP) is 4.23. The monoisotopic (exact) mass is 472 g/mol. The average molecular weight is 473 g/mol. The van der Waals surface area contributed by atoms with Gasteiger partial charge in [0, 0.05) is 34.0 Å². The van der Waals surface area contributed by atoms with E-state index in [1.54, 1.807) is 6.07 Å². The van der Waals surface area contributed by atoms with Gasteiger partial charge in [0.15, 0.2) is 0 Å². The van der Waals surface area contributed by atoms with Crippen LogP contribution in [0.5, 0.6) is 0 Å². The van der Waals surface area contributed by atoms with Crippen molar-refractivity contribution in [1.29, 1.82) is 0 Å². The van der Waals surface area contributed by atoms with E-state index in [0.717, 1.165) is 0 Å². The molecule has 3 aromatic rings. The van der Waals surface area contributed by atoms with Crippen LogP contribution in [-0.2, 0) is 0 Å².